The van der Waals surface area contributed by atoms with E-state index in [-0.39, 0.29) is 18.1 Å². The molecule has 0 unspecified atom stereocenters. The van der Waals surface area contributed by atoms with Gasteiger partial charge in [0, 0.05) is 44.6 Å². The van der Waals surface area contributed by atoms with Crippen molar-refractivity contribution in [3.8, 4) is 0 Å². The third-order valence-corrected chi connectivity index (χ3v) is 6.14. The molecule has 3 aliphatic rings. The summed E-state index contributed by atoms with van der Waals surface area (Å²) in [6, 6.07) is 4.41. The average Bonchev–Trinajstić information content (AvgIpc) is 3.23. The second kappa shape index (κ2) is 7.01. The van der Waals surface area contributed by atoms with Crippen molar-refractivity contribution in [3.05, 3.63) is 42.0 Å². The van der Waals surface area contributed by atoms with Gasteiger partial charge in [0.2, 0.25) is 0 Å². The number of fused-ring (bicyclic) bond motifs is 3. The van der Waals surface area contributed by atoms with Gasteiger partial charge < -0.3 is 9.64 Å². The topological polar surface area (TPSA) is 76.4 Å². The highest BCUT2D eigenvalue weighted by Gasteiger charge is 2.39. The molecule has 2 atom stereocenters. The minimum Gasteiger partial charge on any atom is -0.370 e. The van der Waals surface area contributed by atoms with Gasteiger partial charge >= 0.3 is 0 Å². The number of carbonyl (C=O) groups excluding carboxylic acids is 1. The predicted molar refractivity (Wildman–Crippen MR) is 97.0 cm³/mol. The molecule has 0 aromatic carbocycles. The first-order valence-corrected chi connectivity index (χ1v) is 9.73. The van der Waals surface area contributed by atoms with Crippen LogP contribution >= 0.6 is 0 Å². The number of nitrogens with zero attached hydrogens (tertiary/aromatic N) is 6. The molecule has 2 aromatic rings. The summed E-state index contributed by atoms with van der Waals surface area (Å²) in [5.41, 5.74) is 1.74. The van der Waals surface area contributed by atoms with E-state index < -0.39 is 0 Å². The standard InChI is InChI=1S/C19H24N6O2/c26-19(14-2-1-6-20-10-14)23-7-3-15(4-8-23)24-9-5-18-17(12-24)25-16(13-27-18)11-21-22-25/h1-2,6,10-11,15,17-18H,3-5,7-9,12-13H2/t17-,18+/m0/s1. The minimum absolute atomic E-state index is 0.0909. The molecule has 27 heavy (non-hydrogen) atoms. The summed E-state index contributed by atoms with van der Waals surface area (Å²) in [5, 5.41) is 8.35. The quantitative estimate of drug-likeness (QED) is 0.791. The van der Waals surface area contributed by atoms with Crippen LogP contribution in [0.3, 0.4) is 0 Å². The van der Waals surface area contributed by atoms with Crippen LogP contribution in [0.25, 0.3) is 0 Å². The minimum atomic E-state index is 0.0909. The van der Waals surface area contributed by atoms with Gasteiger partial charge in [-0.25, -0.2) is 4.68 Å². The first kappa shape index (κ1) is 16.8. The van der Waals surface area contributed by atoms with Crippen molar-refractivity contribution >= 4 is 5.91 Å². The second-order valence-corrected chi connectivity index (χ2v) is 7.64. The molecule has 2 saturated heterocycles. The fourth-order valence-electron chi connectivity index (χ4n) is 4.64. The molecule has 2 aromatic heterocycles. The molecular weight excluding hydrogens is 344 g/mol. The molecule has 0 bridgehead atoms. The Kier molecular flexibility index (Phi) is 4.37. The van der Waals surface area contributed by atoms with Crippen LogP contribution < -0.4 is 0 Å². The van der Waals surface area contributed by atoms with Crippen molar-refractivity contribution in [2.24, 2.45) is 0 Å². The van der Waals surface area contributed by atoms with E-state index in [2.05, 4.69) is 24.9 Å². The van der Waals surface area contributed by atoms with Crippen LogP contribution in [0.2, 0.25) is 0 Å². The normalized spacial score (nSPS) is 26.4. The molecule has 0 spiro atoms. The first-order valence-electron chi connectivity index (χ1n) is 9.73. The molecule has 0 aliphatic carbocycles. The lowest BCUT2D eigenvalue weighted by Crippen LogP contribution is -2.54. The Morgan fingerprint density at radius 3 is 2.85 bits per heavy atom. The number of pyridine rings is 1. The van der Waals surface area contributed by atoms with Crippen molar-refractivity contribution in [2.45, 2.75) is 44.1 Å². The molecule has 3 aliphatic heterocycles. The maximum atomic E-state index is 12.6. The lowest BCUT2D eigenvalue weighted by molar-refractivity contribution is -0.0757. The van der Waals surface area contributed by atoms with Crippen molar-refractivity contribution in [1.29, 1.82) is 0 Å². The third kappa shape index (κ3) is 3.12. The number of amides is 1. The molecule has 0 saturated carbocycles. The fraction of sp³-hybridized carbons (Fsp3) is 0.579. The van der Waals surface area contributed by atoms with Crippen molar-refractivity contribution < 1.29 is 9.53 Å². The Labute approximate surface area is 158 Å². The van der Waals surface area contributed by atoms with E-state index in [1.165, 1.54) is 0 Å². The van der Waals surface area contributed by atoms with Crippen LogP contribution in [-0.2, 0) is 11.3 Å². The number of piperidine rings is 2. The van der Waals surface area contributed by atoms with Gasteiger partial charge in [-0.3, -0.25) is 14.7 Å². The van der Waals surface area contributed by atoms with Crippen LogP contribution in [0.5, 0.6) is 0 Å². The Hall–Kier alpha value is -2.32. The summed E-state index contributed by atoms with van der Waals surface area (Å²) in [6.45, 7) is 4.21. The molecule has 8 heteroatoms. The number of aromatic nitrogens is 4. The maximum absolute atomic E-state index is 12.6. The first-order chi connectivity index (χ1) is 13.3. The molecule has 142 valence electrons. The van der Waals surface area contributed by atoms with Gasteiger partial charge in [-0.2, -0.15) is 0 Å². The largest absolute Gasteiger partial charge is 0.370 e. The highest BCUT2D eigenvalue weighted by molar-refractivity contribution is 5.93. The van der Waals surface area contributed by atoms with E-state index in [0.29, 0.717) is 18.2 Å². The Bertz CT molecular complexity index is 802. The highest BCUT2D eigenvalue weighted by atomic mass is 16.5. The number of ether oxygens (including phenoxy) is 1. The lowest BCUT2D eigenvalue weighted by atomic mass is 9.95. The molecule has 5 heterocycles. The summed E-state index contributed by atoms with van der Waals surface area (Å²) in [5.74, 6) is 0.0909. The lowest BCUT2D eigenvalue weighted by Gasteiger charge is -2.46. The van der Waals surface area contributed by atoms with Crippen LogP contribution in [0.15, 0.2) is 30.7 Å². The molecule has 8 nitrogen and oxygen atoms in total. The molecular formula is C19H24N6O2. The Balaban J connectivity index is 1.21. The van der Waals surface area contributed by atoms with Gasteiger partial charge in [0.25, 0.3) is 5.91 Å². The van der Waals surface area contributed by atoms with E-state index in [0.717, 1.165) is 51.1 Å². The summed E-state index contributed by atoms with van der Waals surface area (Å²) < 4.78 is 8.07. The Morgan fingerprint density at radius 1 is 1.15 bits per heavy atom. The molecule has 1 amide bonds. The smallest absolute Gasteiger partial charge is 0.255 e. The zero-order valence-corrected chi connectivity index (χ0v) is 15.3. The molecule has 0 N–H and O–H groups in total. The third-order valence-electron chi connectivity index (χ3n) is 6.14. The van der Waals surface area contributed by atoms with E-state index in [4.69, 9.17) is 4.74 Å². The van der Waals surface area contributed by atoms with Crippen LogP contribution in [0.1, 0.15) is 41.4 Å². The summed E-state index contributed by atoms with van der Waals surface area (Å²) in [7, 11) is 0. The van der Waals surface area contributed by atoms with E-state index >= 15 is 0 Å². The molecule has 2 fully saturated rings. The van der Waals surface area contributed by atoms with Crippen LogP contribution in [-0.4, -0.2) is 74.0 Å². The molecule has 5 rings (SSSR count). The number of carbonyl (C=O) groups is 1. The monoisotopic (exact) mass is 368 g/mol. The number of likely N-dealkylation sites (tertiary alicyclic amines) is 2. The average molecular weight is 368 g/mol. The second-order valence-electron chi connectivity index (χ2n) is 7.64. The van der Waals surface area contributed by atoms with Crippen molar-refractivity contribution in [2.75, 3.05) is 26.2 Å². The van der Waals surface area contributed by atoms with Gasteiger partial charge in [-0.15, -0.1) is 5.10 Å². The fourth-order valence-corrected chi connectivity index (χ4v) is 4.64. The summed E-state index contributed by atoms with van der Waals surface area (Å²) >= 11 is 0. The molecule has 0 radical (unpaired) electrons. The predicted octanol–water partition coefficient (Wildman–Crippen LogP) is 1.12. The van der Waals surface area contributed by atoms with Crippen molar-refractivity contribution in [1.82, 2.24) is 29.8 Å². The van der Waals surface area contributed by atoms with E-state index in [1.807, 2.05) is 17.0 Å². The zero-order chi connectivity index (χ0) is 18.2. The highest BCUT2D eigenvalue weighted by Crippen LogP contribution is 2.32. The van der Waals surface area contributed by atoms with Gasteiger partial charge in [0.05, 0.1) is 36.2 Å². The van der Waals surface area contributed by atoms with Crippen LogP contribution in [0, 0.1) is 0 Å². The van der Waals surface area contributed by atoms with Gasteiger partial charge in [-0.05, 0) is 31.4 Å². The van der Waals surface area contributed by atoms with Crippen LogP contribution in [0.4, 0.5) is 0 Å². The summed E-state index contributed by atoms with van der Waals surface area (Å²) in [4.78, 5) is 21.2. The van der Waals surface area contributed by atoms with Gasteiger partial charge in [0.15, 0.2) is 0 Å². The summed E-state index contributed by atoms with van der Waals surface area (Å²) in [6.07, 6.45) is 8.43. The van der Waals surface area contributed by atoms with Crippen molar-refractivity contribution in [3.63, 3.8) is 0 Å². The number of hydrogen-bond donors (Lipinski definition) is 0. The number of rotatable bonds is 2. The number of hydrogen-bond acceptors (Lipinski definition) is 6. The zero-order valence-electron chi connectivity index (χ0n) is 15.3. The van der Waals surface area contributed by atoms with Gasteiger partial charge in [0.1, 0.15) is 0 Å². The van der Waals surface area contributed by atoms with E-state index in [1.54, 1.807) is 18.6 Å². The van der Waals surface area contributed by atoms with E-state index in [9.17, 15) is 4.79 Å². The van der Waals surface area contributed by atoms with Gasteiger partial charge in [-0.1, -0.05) is 5.21 Å². The maximum Gasteiger partial charge on any atom is 0.255 e. The Morgan fingerprint density at radius 2 is 2.04 bits per heavy atom. The SMILES string of the molecule is O=C(c1cccnc1)N1CCC(N2CC[C@H]3OCc4cnnn4[C@H]3C2)CC1.